The summed E-state index contributed by atoms with van der Waals surface area (Å²) in [6.45, 7) is 0.955. The van der Waals surface area contributed by atoms with Gasteiger partial charge in [0.25, 0.3) is 0 Å². The molecule has 3 amide bonds. The molecule has 3 rings (SSSR count). The van der Waals surface area contributed by atoms with Gasteiger partial charge in [0.2, 0.25) is 5.91 Å². The third-order valence-corrected chi connectivity index (χ3v) is 5.22. The number of likely N-dealkylation sites (tertiary alicyclic amines) is 1. The third kappa shape index (κ3) is 5.98. The summed E-state index contributed by atoms with van der Waals surface area (Å²) in [5.41, 5.74) is -0.0107. The van der Waals surface area contributed by atoms with Crippen LogP contribution in [-0.4, -0.2) is 36.5 Å². The average molecular weight is 419 g/mol. The van der Waals surface area contributed by atoms with Crippen molar-refractivity contribution in [3.05, 3.63) is 65.7 Å². The molecule has 160 valence electrons. The zero-order valence-electron chi connectivity index (χ0n) is 16.4. The number of nitrogens with one attached hydrogen (secondary N) is 2. The maximum atomic E-state index is 13.0. The fourth-order valence-electron chi connectivity index (χ4n) is 3.61. The first-order valence-corrected chi connectivity index (χ1v) is 9.85. The van der Waals surface area contributed by atoms with Gasteiger partial charge in [-0.2, -0.15) is 13.2 Å². The van der Waals surface area contributed by atoms with Crippen LogP contribution in [-0.2, 0) is 17.4 Å². The second-order valence-corrected chi connectivity index (χ2v) is 7.36. The molecule has 0 radical (unpaired) electrons. The summed E-state index contributed by atoms with van der Waals surface area (Å²) in [7, 11) is 0. The maximum Gasteiger partial charge on any atom is 0.418 e. The second kappa shape index (κ2) is 9.65. The molecule has 2 N–H and O–H groups in total. The standard InChI is InChI=1S/C22H24F3N3O2/c23-22(24,25)18-8-4-5-9-19(18)27-21(30)26-15-20(29)28-12-10-17(11-13-28)14-16-6-2-1-3-7-16/h1-9,17H,10-15H2,(H2,26,27,30). The lowest BCUT2D eigenvalue weighted by Crippen LogP contribution is -2.45. The van der Waals surface area contributed by atoms with E-state index in [0.717, 1.165) is 25.3 Å². The van der Waals surface area contributed by atoms with E-state index >= 15 is 0 Å². The van der Waals surface area contributed by atoms with E-state index in [-0.39, 0.29) is 18.1 Å². The molecule has 1 heterocycles. The van der Waals surface area contributed by atoms with Crippen LogP contribution in [0.5, 0.6) is 0 Å². The molecule has 0 atom stereocenters. The van der Waals surface area contributed by atoms with Crippen molar-refractivity contribution in [3.63, 3.8) is 0 Å². The van der Waals surface area contributed by atoms with E-state index in [1.165, 1.54) is 23.8 Å². The summed E-state index contributed by atoms with van der Waals surface area (Å²) in [6.07, 6.45) is -1.84. The Labute approximate surface area is 173 Å². The fraction of sp³-hybridized carbons (Fsp3) is 0.364. The van der Waals surface area contributed by atoms with Gasteiger partial charge in [0.15, 0.2) is 0 Å². The van der Waals surface area contributed by atoms with E-state index < -0.39 is 17.8 Å². The first-order valence-electron chi connectivity index (χ1n) is 9.85. The largest absolute Gasteiger partial charge is 0.418 e. The molecule has 0 saturated carbocycles. The Morgan fingerprint density at radius 1 is 0.967 bits per heavy atom. The van der Waals surface area contributed by atoms with E-state index in [4.69, 9.17) is 0 Å². The van der Waals surface area contributed by atoms with Crippen LogP contribution in [0.1, 0.15) is 24.0 Å². The van der Waals surface area contributed by atoms with Crippen LogP contribution in [0.3, 0.4) is 0 Å². The minimum Gasteiger partial charge on any atom is -0.341 e. The summed E-state index contributed by atoms with van der Waals surface area (Å²) in [5.74, 6) is 0.263. The Kier molecular flexibility index (Phi) is 6.97. The van der Waals surface area contributed by atoms with Crippen LogP contribution in [0.4, 0.5) is 23.7 Å². The number of alkyl halides is 3. The lowest BCUT2D eigenvalue weighted by molar-refractivity contribution is -0.137. The minimum atomic E-state index is -4.58. The van der Waals surface area contributed by atoms with E-state index in [1.54, 1.807) is 4.90 Å². The van der Waals surface area contributed by atoms with Crippen LogP contribution >= 0.6 is 0 Å². The van der Waals surface area contributed by atoms with Gasteiger partial charge in [0, 0.05) is 13.1 Å². The van der Waals surface area contributed by atoms with E-state index in [1.807, 2.05) is 18.2 Å². The number of halogens is 3. The molecule has 1 fully saturated rings. The van der Waals surface area contributed by atoms with Gasteiger partial charge in [-0.05, 0) is 42.9 Å². The van der Waals surface area contributed by atoms with Gasteiger partial charge in [-0.25, -0.2) is 4.79 Å². The Balaban J connectivity index is 1.43. The van der Waals surface area contributed by atoms with Crippen molar-refractivity contribution in [2.75, 3.05) is 25.0 Å². The van der Waals surface area contributed by atoms with Crippen molar-refractivity contribution < 1.29 is 22.8 Å². The van der Waals surface area contributed by atoms with Crippen LogP contribution in [0, 0.1) is 5.92 Å². The SMILES string of the molecule is O=C(NCC(=O)N1CCC(Cc2ccccc2)CC1)Nc1ccccc1C(F)(F)F. The molecule has 1 aliphatic rings. The monoisotopic (exact) mass is 419 g/mol. The molecule has 8 heteroatoms. The summed E-state index contributed by atoms with van der Waals surface area (Å²) in [5, 5.41) is 4.52. The minimum absolute atomic E-state index is 0.243. The van der Waals surface area contributed by atoms with Gasteiger partial charge in [0.05, 0.1) is 17.8 Å². The number of hydrogen-bond acceptors (Lipinski definition) is 2. The highest BCUT2D eigenvalue weighted by atomic mass is 19.4. The third-order valence-electron chi connectivity index (χ3n) is 5.22. The molecule has 0 unspecified atom stereocenters. The van der Waals surface area contributed by atoms with Crippen LogP contribution in [0.15, 0.2) is 54.6 Å². The first kappa shape index (κ1) is 21.7. The highest BCUT2D eigenvalue weighted by Crippen LogP contribution is 2.34. The summed E-state index contributed by atoms with van der Waals surface area (Å²) in [6, 6.07) is 14.0. The van der Waals surface area contributed by atoms with Crippen molar-refractivity contribution >= 4 is 17.6 Å². The number of para-hydroxylation sites is 1. The number of anilines is 1. The van der Waals surface area contributed by atoms with Crippen molar-refractivity contribution in [2.24, 2.45) is 5.92 Å². The summed E-state index contributed by atoms with van der Waals surface area (Å²) < 4.78 is 39.0. The van der Waals surface area contributed by atoms with E-state index in [0.29, 0.717) is 19.0 Å². The quantitative estimate of drug-likeness (QED) is 0.759. The van der Waals surface area contributed by atoms with Gasteiger partial charge in [0.1, 0.15) is 0 Å². The number of amides is 3. The highest BCUT2D eigenvalue weighted by molar-refractivity contribution is 5.93. The number of piperidine rings is 1. The molecular formula is C22H24F3N3O2. The van der Waals surface area contributed by atoms with Crippen LogP contribution < -0.4 is 10.6 Å². The molecule has 2 aromatic carbocycles. The molecule has 0 bridgehead atoms. The molecular weight excluding hydrogens is 395 g/mol. The normalized spacial score (nSPS) is 15.0. The summed E-state index contributed by atoms with van der Waals surface area (Å²) >= 11 is 0. The first-order chi connectivity index (χ1) is 14.3. The Bertz CT molecular complexity index is 863. The lowest BCUT2D eigenvalue weighted by atomic mass is 9.90. The van der Waals surface area contributed by atoms with E-state index in [2.05, 4.69) is 22.8 Å². The van der Waals surface area contributed by atoms with Crippen molar-refractivity contribution in [1.82, 2.24) is 10.2 Å². The zero-order valence-corrected chi connectivity index (χ0v) is 16.4. The zero-order chi connectivity index (χ0) is 21.6. The predicted molar refractivity (Wildman–Crippen MR) is 108 cm³/mol. The Hall–Kier alpha value is -3.03. The smallest absolute Gasteiger partial charge is 0.341 e. The van der Waals surface area contributed by atoms with Gasteiger partial charge in [-0.15, -0.1) is 0 Å². The van der Waals surface area contributed by atoms with Crippen molar-refractivity contribution in [1.29, 1.82) is 0 Å². The lowest BCUT2D eigenvalue weighted by Gasteiger charge is -2.32. The van der Waals surface area contributed by atoms with Crippen molar-refractivity contribution in [3.8, 4) is 0 Å². The second-order valence-electron chi connectivity index (χ2n) is 7.36. The Morgan fingerprint density at radius 2 is 1.60 bits per heavy atom. The summed E-state index contributed by atoms with van der Waals surface area (Å²) in [4.78, 5) is 26.0. The van der Waals surface area contributed by atoms with Gasteiger partial charge < -0.3 is 15.5 Å². The van der Waals surface area contributed by atoms with Crippen LogP contribution in [0.25, 0.3) is 0 Å². The van der Waals surface area contributed by atoms with Gasteiger partial charge >= 0.3 is 12.2 Å². The maximum absolute atomic E-state index is 13.0. The molecule has 0 aliphatic carbocycles. The number of carbonyl (C=O) groups is 2. The molecule has 0 spiro atoms. The van der Waals surface area contributed by atoms with Gasteiger partial charge in [-0.1, -0.05) is 42.5 Å². The molecule has 1 aliphatic heterocycles. The topological polar surface area (TPSA) is 61.4 Å². The average Bonchev–Trinajstić information content (AvgIpc) is 2.73. The number of hydrogen-bond donors (Lipinski definition) is 2. The number of rotatable bonds is 5. The molecule has 5 nitrogen and oxygen atoms in total. The fourth-order valence-corrected chi connectivity index (χ4v) is 3.61. The number of nitrogens with zero attached hydrogens (tertiary/aromatic N) is 1. The Morgan fingerprint density at radius 3 is 2.27 bits per heavy atom. The van der Waals surface area contributed by atoms with Gasteiger partial charge in [-0.3, -0.25) is 4.79 Å². The number of urea groups is 1. The number of carbonyl (C=O) groups excluding carboxylic acids is 2. The molecule has 30 heavy (non-hydrogen) atoms. The molecule has 2 aromatic rings. The highest BCUT2D eigenvalue weighted by Gasteiger charge is 2.33. The predicted octanol–water partition coefficient (Wildman–Crippen LogP) is 4.31. The van der Waals surface area contributed by atoms with E-state index in [9.17, 15) is 22.8 Å². The number of benzene rings is 2. The van der Waals surface area contributed by atoms with Crippen LogP contribution in [0.2, 0.25) is 0 Å². The van der Waals surface area contributed by atoms with Crippen molar-refractivity contribution in [2.45, 2.75) is 25.4 Å². The molecule has 1 saturated heterocycles. The molecule has 0 aromatic heterocycles.